The summed E-state index contributed by atoms with van der Waals surface area (Å²) in [7, 11) is 0. The zero-order valence-corrected chi connectivity index (χ0v) is 17.4. The molecule has 0 saturated carbocycles. The number of rotatable bonds is 8. The Kier molecular flexibility index (Phi) is 7.02. The van der Waals surface area contributed by atoms with Crippen LogP contribution in [0.25, 0.3) is 11.1 Å². The molecular formula is C25H23NO6. The van der Waals surface area contributed by atoms with Gasteiger partial charge in [0.05, 0.1) is 11.6 Å². The molecule has 3 aromatic rings. The van der Waals surface area contributed by atoms with Gasteiger partial charge in [0, 0.05) is 5.56 Å². The van der Waals surface area contributed by atoms with Crippen LogP contribution in [0.3, 0.4) is 0 Å². The highest BCUT2D eigenvalue weighted by molar-refractivity contribution is 5.99. The normalized spacial score (nSPS) is 12.6. The van der Waals surface area contributed by atoms with Gasteiger partial charge in [0.2, 0.25) is 0 Å². The first-order chi connectivity index (χ1) is 15.3. The van der Waals surface area contributed by atoms with Gasteiger partial charge in [-0.05, 0) is 53.8 Å². The van der Waals surface area contributed by atoms with Gasteiger partial charge in [0.15, 0.2) is 6.10 Å². The number of carboxylic acids is 2. The molecule has 0 bridgehead atoms. The number of aromatic carboxylic acids is 1. The minimum absolute atomic E-state index is 0.104. The molecular weight excluding hydrogens is 410 g/mol. The number of carbonyl (C=O) groups excluding carboxylic acids is 1. The van der Waals surface area contributed by atoms with Crippen molar-refractivity contribution in [1.29, 1.82) is 0 Å². The summed E-state index contributed by atoms with van der Waals surface area (Å²) in [5.41, 5.74) is 2.84. The highest BCUT2D eigenvalue weighted by atomic mass is 16.4. The van der Waals surface area contributed by atoms with E-state index < -0.39 is 30.0 Å². The summed E-state index contributed by atoms with van der Waals surface area (Å²) in [4.78, 5) is 36.0. The average molecular weight is 433 g/mol. The molecule has 164 valence electrons. The van der Waals surface area contributed by atoms with Gasteiger partial charge in [0.25, 0.3) is 5.91 Å². The van der Waals surface area contributed by atoms with Crippen molar-refractivity contribution in [3.8, 4) is 11.1 Å². The molecule has 0 saturated heterocycles. The van der Waals surface area contributed by atoms with Crippen LogP contribution in [-0.4, -0.2) is 45.3 Å². The van der Waals surface area contributed by atoms with Gasteiger partial charge in [-0.1, -0.05) is 54.6 Å². The predicted molar refractivity (Wildman–Crippen MR) is 119 cm³/mol. The van der Waals surface area contributed by atoms with Crippen LogP contribution in [0.5, 0.6) is 0 Å². The third-order valence-corrected chi connectivity index (χ3v) is 5.06. The Labute approximate surface area is 185 Å². The lowest BCUT2D eigenvalue weighted by Gasteiger charge is -2.22. The zero-order chi connectivity index (χ0) is 23.3. The second kappa shape index (κ2) is 9.89. The molecule has 2 unspecified atom stereocenters. The second-order valence-corrected chi connectivity index (χ2v) is 7.49. The molecule has 0 aliphatic heterocycles. The molecule has 7 heteroatoms. The summed E-state index contributed by atoms with van der Waals surface area (Å²) >= 11 is 0. The summed E-state index contributed by atoms with van der Waals surface area (Å²) in [5, 5.41) is 31.5. The van der Waals surface area contributed by atoms with Crippen molar-refractivity contribution in [2.75, 3.05) is 0 Å². The maximum atomic E-state index is 13.0. The summed E-state index contributed by atoms with van der Waals surface area (Å²) in [6, 6.07) is 19.3. The Morgan fingerprint density at radius 3 is 2.22 bits per heavy atom. The van der Waals surface area contributed by atoms with Crippen molar-refractivity contribution in [3.63, 3.8) is 0 Å². The molecule has 0 aromatic heterocycles. The van der Waals surface area contributed by atoms with E-state index in [2.05, 4.69) is 5.32 Å². The standard InChI is InChI=1S/C25H23NO6/c1-15-11-17(19-9-5-6-10-20(19)24(29)30)14-18(12-15)23(28)26-21(22(27)25(31)32)13-16-7-3-2-4-8-16/h2-12,14,21-22,27H,13H2,1H3,(H,26,28)(H,29,30)(H,31,32). The van der Waals surface area contributed by atoms with E-state index in [9.17, 15) is 29.7 Å². The summed E-state index contributed by atoms with van der Waals surface area (Å²) < 4.78 is 0. The van der Waals surface area contributed by atoms with Crippen LogP contribution in [0.2, 0.25) is 0 Å². The van der Waals surface area contributed by atoms with E-state index in [-0.39, 0.29) is 17.5 Å². The Morgan fingerprint density at radius 1 is 0.906 bits per heavy atom. The maximum Gasteiger partial charge on any atom is 0.336 e. The molecule has 32 heavy (non-hydrogen) atoms. The number of aliphatic carboxylic acids is 1. The first-order valence-corrected chi connectivity index (χ1v) is 9.96. The molecule has 0 aliphatic carbocycles. The summed E-state index contributed by atoms with van der Waals surface area (Å²) in [6.45, 7) is 1.78. The van der Waals surface area contributed by atoms with Gasteiger partial charge < -0.3 is 20.6 Å². The number of carbonyl (C=O) groups is 3. The third kappa shape index (κ3) is 5.39. The van der Waals surface area contributed by atoms with E-state index in [1.54, 1.807) is 67.6 Å². The van der Waals surface area contributed by atoms with Crippen LogP contribution in [0, 0.1) is 6.92 Å². The van der Waals surface area contributed by atoms with E-state index in [1.165, 1.54) is 6.07 Å². The first-order valence-electron chi connectivity index (χ1n) is 9.96. The lowest BCUT2D eigenvalue weighted by molar-refractivity contribution is -0.148. The number of aryl methyl sites for hydroxylation is 1. The molecule has 3 aromatic carbocycles. The average Bonchev–Trinajstić information content (AvgIpc) is 2.78. The summed E-state index contributed by atoms with van der Waals surface area (Å²) in [6.07, 6.45) is -1.67. The molecule has 1 amide bonds. The highest BCUT2D eigenvalue weighted by Gasteiger charge is 2.28. The Bertz CT molecular complexity index is 1140. The third-order valence-electron chi connectivity index (χ3n) is 5.06. The van der Waals surface area contributed by atoms with Crippen LogP contribution >= 0.6 is 0 Å². The molecule has 2 atom stereocenters. The molecule has 0 spiro atoms. The smallest absolute Gasteiger partial charge is 0.336 e. The van der Waals surface area contributed by atoms with Gasteiger partial charge in [0.1, 0.15) is 0 Å². The molecule has 4 N–H and O–H groups in total. The van der Waals surface area contributed by atoms with E-state index in [4.69, 9.17) is 0 Å². The fraction of sp³-hybridized carbons (Fsp3) is 0.160. The fourth-order valence-corrected chi connectivity index (χ4v) is 3.52. The Hall–Kier alpha value is -3.97. The number of carboxylic acid groups (broad SMARTS) is 2. The molecule has 0 aliphatic rings. The number of aliphatic hydroxyl groups is 1. The summed E-state index contributed by atoms with van der Waals surface area (Å²) in [5.74, 6) is -3.09. The van der Waals surface area contributed by atoms with Crippen LogP contribution in [0.4, 0.5) is 0 Å². The van der Waals surface area contributed by atoms with Crippen molar-refractivity contribution in [3.05, 3.63) is 95.1 Å². The number of amides is 1. The highest BCUT2D eigenvalue weighted by Crippen LogP contribution is 2.26. The molecule has 0 heterocycles. The lowest BCUT2D eigenvalue weighted by Crippen LogP contribution is -2.48. The minimum atomic E-state index is -1.80. The van der Waals surface area contributed by atoms with Crippen molar-refractivity contribution >= 4 is 17.8 Å². The minimum Gasteiger partial charge on any atom is -0.479 e. The van der Waals surface area contributed by atoms with Gasteiger partial charge in [-0.25, -0.2) is 9.59 Å². The monoisotopic (exact) mass is 433 g/mol. The fourth-order valence-electron chi connectivity index (χ4n) is 3.52. The van der Waals surface area contributed by atoms with Crippen molar-refractivity contribution in [2.45, 2.75) is 25.5 Å². The van der Waals surface area contributed by atoms with Crippen molar-refractivity contribution in [1.82, 2.24) is 5.32 Å². The number of benzene rings is 3. The molecule has 3 rings (SSSR count). The largest absolute Gasteiger partial charge is 0.479 e. The van der Waals surface area contributed by atoms with Crippen molar-refractivity contribution < 1.29 is 29.7 Å². The molecule has 0 radical (unpaired) electrons. The molecule has 0 fully saturated rings. The SMILES string of the molecule is Cc1cc(C(=O)NC(Cc2ccccc2)C(O)C(=O)O)cc(-c2ccccc2C(=O)O)c1. The Balaban J connectivity index is 1.92. The molecule has 7 nitrogen and oxygen atoms in total. The predicted octanol–water partition coefficient (Wildman–Crippen LogP) is 3.15. The van der Waals surface area contributed by atoms with E-state index >= 15 is 0 Å². The topological polar surface area (TPSA) is 124 Å². The second-order valence-electron chi connectivity index (χ2n) is 7.49. The van der Waals surface area contributed by atoms with Crippen LogP contribution in [-0.2, 0) is 11.2 Å². The number of nitrogens with one attached hydrogen (secondary N) is 1. The first kappa shape index (κ1) is 22.7. The maximum absolute atomic E-state index is 13.0. The van der Waals surface area contributed by atoms with Crippen LogP contribution in [0.1, 0.15) is 31.8 Å². The number of hydrogen-bond donors (Lipinski definition) is 4. The number of hydrogen-bond acceptors (Lipinski definition) is 4. The van der Waals surface area contributed by atoms with E-state index in [0.717, 1.165) is 11.1 Å². The van der Waals surface area contributed by atoms with Crippen LogP contribution in [0.15, 0.2) is 72.8 Å². The zero-order valence-electron chi connectivity index (χ0n) is 17.4. The Morgan fingerprint density at radius 2 is 1.56 bits per heavy atom. The van der Waals surface area contributed by atoms with Gasteiger partial charge in [-0.3, -0.25) is 4.79 Å². The van der Waals surface area contributed by atoms with E-state index in [1.807, 2.05) is 6.07 Å². The van der Waals surface area contributed by atoms with Gasteiger partial charge in [-0.2, -0.15) is 0 Å². The van der Waals surface area contributed by atoms with Gasteiger partial charge in [-0.15, -0.1) is 0 Å². The van der Waals surface area contributed by atoms with Crippen LogP contribution < -0.4 is 5.32 Å². The van der Waals surface area contributed by atoms with Crippen molar-refractivity contribution in [2.24, 2.45) is 0 Å². The quantitative estimate of drug-likeness (QED) is 0.433. The number of aliphatic hydroxyl groups excluding tert-OH is 1. The van der Waals surface area contributed by atoms with E-state index in [0.29, 0.717) is 11.1 Å². The van der Waals surface area contributed by atoms with Gasteiger partial charge >= 0.3 is 11.9 Å². The lowest BCUT2D eigenvalue weighted by atomic mass is 9.95.